The van der Waals surface area contributed by atoms with Crippen molar-refractivity contribution in [2.45, 2.75) is 32.8 Å². The lowest BCUT2D eigenvalue weighted by Gasteiger charge is -2.34. The number of amides is 1. The molecule has 1 fully saturated rings. The van der Waals surface area contributed by atoms with Gasteiger partial charge in [-0.1, -0.05) is 0 Å². The summed E-state index contributed by atoms with van der Waals surface area (Å²) in [6, 6.07) is 1.77. The summed E-state index contributed by atoms with van der Waals surface area (Å²) in [5, 5.41) is 2.77. The topological polar surface area (TPSA) is 68.3 Å². The summed E-state index contributed by atoms with van der Waals surface area (Å²) in [4.78, 5) is 26.6. The first-order valence-electron chi connectivity index (χ1n) is 6.41. The minimum atomic E-state index is -0.320. The number of ether oxygens (including phenoxy) is 1. The molecule has 102 valence electrons. The average Bonchev–Trinajstić information content (AvgIpc) is 2.31. The van der Waals surface area contributed by atoms with E-state index in [4.69, 9.17) is 4.74 Å². The van der Waals surface area contributed by atoms with Crippen molar-refractivity contribution in [1.82, 2.24) is 10.3 Å². The highest BCUT2D eigenvalue weighted by Crippen LogP contribution is 2.30. The van der Waals surface area contributed by atoms with Crippen LogP contribution in [0.4, 0.5) is 0 Å². The Balaban J connectivity index is 1.75. The fraction of sp³-hybridized carbons (Fsp3) is 0.500. The second kappa shape index (κ2) is 5.82. The number of rotatable bonds is 4. The van der Waals surface area contributed by atoms with E-state index in [1.54, 1.807) is 12.3 Å². The Bertz CT molecular complexity index is 481. The molecule has 19 heavy (non-hydrogen) atoms. The van der Waals surface area contributed by atoms with Crippen LogP contribution in [0.25, 0.3) is 0 Å². The molecule has 1 heterocycles. The van der Waals surface area contributed by atoms with Gasteiger partial charge in [-0.05, 0) is 37.3 Å². The number of hydrogen-bond donors (Lipinski definition) is 1. The van der Waals surface area contributed by atoms with Gasteiger partial charge in [0, 0.05) is 25.9 Å². The predicted molar refractivity (Wildman–Crippen MR) is 69.6 cm³/mol. The van der Waals surface area contributed by atoms with Gasteiger partial charge in [-0.2, -0.15) is 0 Å². The van der Waals surface area contributed by atoms with E-state index in [-0.39, 0.29) is 18.0 Å². The van der Waals surface area contributed by atoms with Crippen molar-refractivity contribution in [3.05, 3.63) is 29.6 Å². The van der Waals surface area contributed by atoms with Gasteiger partial charge in [0.05, 0.1) is 5.56 Å². The first kappa shape index (κ1) is 13.5. The van der Waals surface area contributed by atoms with Crippen LogP contribution in [0.3, 0.4) is 0 Å². The second-order valence-corrected chi connectivity index (χ2v) is 5.05. The number of nitrogens with one attached hydrogen (secondary N) is 1. The molecule has 5 nitrogen and oxygen atoms in total. The Labute approximate surface area is 112 Å². The number of pyridine rings is 1. The van der Waals surface area contributed by atoms with Gasteiger partial charge in [-0.25, -0.2) is 4.79 Å². The Morgan fingerprint density at radius 3 is 2.79 bits per heavy atom. The van der Waals surface area contributed by atoms with Gasteiger partial charge in [0.15, 0.2) is 0 Å². The van der Waals surface area contributed by atoms with Crippen molar-refractivity contribution in [1.29, 1.82) is 0 Å². The summed E-state index contributed by atoms with van der Waals surface area (Å²) in [7, 11) is 0. The van der Waals surface area contributed by atoms with Gasteiger partial charge >= 0.3 is 5.97 Å². The van der Waals surface area contributed by atoms with Crippen molar-refractivity contribution < 1.29 is 14.3 Å². The normalized spacial score (nSPS) is 21.4. The molecule has 0 bridgehead atoms. The molecule has 0 unspecified atom stereocenters. The van der Waals surface area contributed by atoms with Crippen molar-refractivity contribution in [3.63, 3.8) is 0 Å². The number of nitrogens with zero attached hydrogens (tertiary/aromatic N) is 1. The highest BCUT2D eigenvalue weighted by molar-refractivity contribution is 5.89. The minimum absolute atomic E-state index is 0.0220. The molecule has 0 atom stereocenters. The summed E-state index contributed by atoms with van der Waals surface area (Å²) in [5.74, 6) is 0.0720. The van der Waals surface area contributed by atoms with Crippen LogP contribution < -0.4 is 5.32 Å². The summed E-state index contributed by atoms with van der Waals surface area (Å²) >= 11 is 0. The highest BCUT2D eigenvalue weighted by atomic mass is 16.5. The lowest BCUT2D eigenvalue weighted by atomic mass is 9.82. The van der Waals surface area contributed by atoms with Gasteiger partial charge < -0.3 is 10.1 Å². The molecule has 1 aromatic rings. The Morgan fingerprint density at radius 1 is 1.42 bits per heavy atom. The monoisotopic (exact) mass is 262 g/mol. The second-order valence-electron chi connectivity index (χ2n) is 5.05. The van der Waals surface area contributed by atoms with Gasteiger partial charge in [-0.3, -0.25) is 9.78 Å². The maximum absolute atomic E-state index is 11.8. The Morgan fingerprint density at radius 2 is 2.16 bits per heavy atom. The van der Waals surface area contributed by atoms with E-state index in [0.717, 1.165) is 18.4 Å². The number of hydrogen-bond acceptors (Lipinski definition) is 4. The van der Waals surface area contributed by atoms with Gasteiger partial charge in [0.1, 0.15) is 6.10 Å². The zero-order valence-electron chi connectivity index (χ0n) is 11.2. The summed E-state index contributed by atoms with van der Waals surface area (Å²) in [5.41, 5.74) is 1.43. The lowest BCUT2D eigenvalue weighted by molar-refractivity contribution is -0.119. The molecule has 1 aliphatic rings. The molecule has 1 aliphatic carbocycles. The van der Waals surface area contributed by atoms with E-state index in [2.05, 4.69) is 10.3 Å². The van der Waals surface area contributed by atoms with Crippen molar-refractivity contribution in [3.8, 4) is 0 Å². The number of carbonyl (C=O) groups is 2. The average molecular weight is 262 g/mol. The van der Waals surface area contributed by atoms with Crippen molar-refractivity contribution in [2.75, 3.05) is 6.54 Å². The third kappa shape index (κ3) is 3.77. The molecule has 5 heteroatoms. The minimum Gasteiger partial charge on any atom is -0.459 e. The van der Waals surface area contributed by atoms with E-state index in [9.17, 15) is 9.59 Å². The van der Waals surface area contributed by atoms with Crippen LogP contribution in [0.2, 0.25) is 0 Å². The zero-order chi connectivity index (χ0) is 13.8. The predicted octanol–water partition coefficient (Wildman–Crippen LogP) is 1.46. The molecule has 0 aliphatic heterocycles. The molecule has 1 N–H and O–H groups in total. The van der Waals surface area contributed by atoms with Gasteiger partial charge in [0.25, 0.3) is 0 Å². The van der Waals surface area contributed by atoms with Crippen LogP contribution in [0.1, 0.15) is 35.7 Å². The largest absolute Gasteiger partial charge is 0.459 e. The zero-order valence-corrected chi connectivity index (χ0v) is 11.2. The summed E-state index contributed by atoms with van der Waals surface area (Å²) < 4.78 is 5.37. The third-order valence-electron chi connectivity index (χ3n) is 3.22. The fourth-order valence-corrected chi connectivity index (χ4v) is 2.11. The molecular formula is C14H18N2O3. The number of carbonyl (C=O) groups excluding carboxylic acids is 2. The third-order valence-corrected chi connectivity index (χ3v) is 3.22. The number of aryl methyl sites for hydroxylation is 1. The number of esters is 1. The molecule has 1 aromatic heterocycles. The van der Waals surface area contributed by atoms with Crippen LogP contribution in [0.15, 0.2) is 18.5 Å². The smallest absolute Gasteiger partial charge is 0.339 e. The van der Waals surface area contributed by atoms with E-state index in [1.165, 1.54) is 13.1 Å². The molecule has 2 rings (SSSR count). The van der Waals surface area contributed by atoms with Crippen molar-refractivity contribution in [2.24, 2.45) is 5.92 Å². The van der Waals surface area contributed by atoms with Gasteiger partial charge in [-0.15, -0.1) is 0 Å². The first-order chi connectivity index (χ1) is 9.04. The molecule has 0 aromatic carbocycles. The van der Waals surface area contributed by atoms with E-state index in [1.807, 2.05) is 6.92 Å². The van der Waals surface area contributed by atoms with Crippen LogP contribution in [0, 0.1) is 12.8 Å². The highest BCUT2D eigenvalue weighted by Gasteiger charge is 2.32. The molecule has 0 spiro atoms. The number of aromatic nitrogens is 1. The maximum Gasteiger partial charge on any atom is 0.339 e. The lowest BCUT2D eigenvalue weighted by Crippen LogP contribution is -2.40. The first-order valence-corrected chi connectivity index (χ1v) is 6.41. The SMILES string of the molecule is CC(=O)NCC1CC(OC(=O)c2cncc(C)c2)C1. The molecule has 1 amide bonds. The molecule has 0 radical (unpaired) electrons. The summed E-state index contributed by atoms with van der Waals surface area (Å²) in [6.45, 7) is 4.05. The molecular weight excluding hydrogens is 244 g/mol. The maximum atomic E-state index is 11.8. The molecule has 1 saturated carbocycles. The van der Waals surface area contributed by atoms with Gasteiger partial charge in [0.2, 0.25) is 5.91 Å². The van der Waals surface area contributed by atoms with Crippen molar-refractivity contribution >= 4 is 11.9 Å². The Hall–Kier alpha value is -1.91. The summed E-state index contributed by atoms with van der Waals surface area (Å²) in [6.07, 6.45) is 4.80. The van der Waals surface area contributed by atoms with Crippen LogP contribution in [-0.2, 0) is 9.53 Å². The standard InChI is InChI=1S/C14H18N2O3/c1-9-3-12(8-15-6-9)14(18)19-13-4-11(5-13)7-16-10(2)17/h3,6,8,11,13H,4-5,7H2,1-2H3,(H,16,17). The molecule has 0 saturated heterocycles. The van der Waals surface area contributed by atoms with Crippen LogP contribution >= 0.6 is 0 Å². The van der Waals surface area contributed by atoms with Crippen LogP contribution in [0.5, 0.6) is 0 Å². The van der Waals surface area contributed by atoms with Crippen LogP contribution in [-0.4, -0.2) is 29.5 Å². The quantitative estimate of drug-likeness (QED) is 0.834. The Kier molecular flexibility index (Phi) is 4.14. The van der Waals surface area contributed by atoms with E-state index in [0.29, 0.717) is 18.0 Å². The fourth-order valence-electron chi connectivity index (χ4n) is 2.11. The van der Waals surface area contributed by atoms with E-state index >= 15 is 0 Å². The van der Waals surface area contributed by atoms with E-state index < -0.39 is 0 Å².